The molecule has 0 aliphatic heterocycles. The van der Waals surface area contributed by atoms with Crippen molar-refractivity contribution in [1.29, 1.82) is 0 Å². The number of hydrogen-bond acceptors (Lipinski definition) is 4. The summed E-state index contributed by atoms with van der Waals surface area (Å²) in [6, 6.07) is 11.3. The van der Waals surface area contributed by atoms with Crippen LogP contribution in [0, 0.1) is 6.92 Å². The molecule has 6 heteroatoms. The number of halogens is 1. The first-order valence-corrected chi connectivity index (χ1v) is 7.83. The molecule has 0 unspecified atom stereocenters. The summed E-state index contributed by atoms with van der Waals surface area (Å²) in [5.74, 6) is -0.256. The van der Waals surface area contributed by atoms with Gasteiger partial charge in [-0.15, -0.1) is 11.3 Å². The van der Waals surface area contributed by atoms with Gasteiger partial charge in [-0.05, 0) is 19.1 Å². The molecule has 0 spiro atoms. The molecule has 0 fully saturated rings. The lowest BCUT2D eigenvalue weighted by atomic mass is 10.1. The number of nitrogens with zero attached hydrogens (tertiary/aromatic N) is 2. The first kappa shape index (κ1) is 14.7. The van der Waals surface area contributed by atoms with Gasteiger partial charge in [0, 0.05) is 17.1 Å². The molecule has 0 saturated heterocycles. The van der Waals surface area contributed by atoms with Gasteiger partial charge in [0.25, 0.3) is 5.91 Å². The highest BCUT2D eigenvalue weighted by atomic mass is 35.5. The number of carbonyl (C=O) groups is 1. The van der Waals surface area contributed by atoms with Crippen LogP contribution in [-0.4, -0.2) is 15.9 Å². The van der Waals surface area contributed by atoms with Gasteiger partial charge >= 0.3 is 0 Å². The van der Waals surface area contributed by atoms with E-state index in [1.807, 2.05) is 36.6 Å². The largest absolute Gasteiger partial charge is 0.298 e. The monoisotopic (exact) mass is 329 g/mol. The number of pyridine rings is 1. The van der Waals surface area contributed by atoms with Gasteiger partial charge < -0.3 is 0 Å². The third-order valence-electron chi connectivity index (χ3n) is 3.06. The maximum absolute atomic E-state index is 12.1. The van der Waals surface area contributed by atoms with Crippen molar-refractivity contribution >= 4 is 34.0 Å². The molecule has 2 heterocycles. The van der Waals surface area contributed by atoms with Crippen LogP contribution < -0.4 is 5.32 Å². The van der Waals surface area contributed by atoms with E-state index in [1.165, 1.54) is 23.1 Å². The topological polar surface area (TPSA) is 54.9 Å². The average Bonchev–Trinajstić information content (AvgIpc) is 2.97. The Kier molecular flexibility index (Phi) is 4.18. The number of carbonyl (C=O) groups excluding carboxylic acids is 1. The quantitative estimate of drug-likeness (QED) is 0.724. The van der Waals surface area contributed by atoms with Crippen molar-refractivity contribution in [3.8, 4) is 11.3 Å². The van der Waals surface area contributed by atoms with Gasteiger partial charge in [-0.3, -0.25) is 10.1 Å². The Morgan fingerprint density at radius 1 is 1.18 bits per heavy atom. The molecule has 0 aliphatic rings. The molecule has 1 aromatic carbocycles. The zero-order chi connectivity index (χ0) is 15.5. The van der Waals surface area contributed by atoms with Crippen molar-refractivity contribution in [1.82, 2.24) is 9.97 Å². The van der Waals surface area contributed by atoms with Crippen LogP contribution in [0.2, 0.25) is 5.15 Å². The molecule has 1 N–H and O–H groups in total. The summed E-state index contributed by atoms with van der Waals surface area (Å²) < 4.78 is 0. The fourth-order valence-electron chi connectivity index (χ4n) is 1.87. The summed E-state index contributed by atoms with van der Waals surface area (Å²) in [5, 5.41) is 5.59. The molecule has 22 heavy (non-hydrogen) atoms. The average molecular weight is 330 g/mol. The second-order valence-electron chi connectivity index (χ2n) is 4.73. The number of benzene rings is 1. The molecule has 4 nitrogen and oxygen atoms in total. The highest BCUT2D eigenvalue weighted by molar-refractivity contribution is 7.14. The zero-order valence-corrected chi connectivity index (χ0v) is 13.3. The van der Waals surface area contributed by atoms with Gasteiger partial charge in [0.2, 0.25) is 0 Å². The maximum Gasteiger partial charge on any atom is 0.259 e. The van der Waals surface area contributed by atoms with Crippen molar-refractivity contribution in [3.63, 3.8) is 0 Å². The lowest BCUT2D eigenvalue weighted by Crippen LogP contribution is -2.11. The van der Waals surface area contributed by atoms with Crippen molar-refractivity contribution in [2.45, 2.75) is 6.92 Å². The van der Waals surface area contributed by atoms with E-state index in [9.17, 15) is 4.79 Å². The standard InChI is InChI=1S/C16H12ClN3OS/c1-10-2-4-11(5-3-10)13-9-22-16(19-13)20-15(21)12-6-7-14(17)18-8-12/h2-9H,1H3,(H,19,20,21). The molecule has 0 aliphatic carbocycles. The van der Waals surface area contributed by atoms with Crippen molar-refractivity contribution in [2.24, 2.45) is 0 Å². The molecule has 3 aromatic rings. The van der Waals surface area contributed by atoms with Crippen molar-refractivity contribution in [3.05, 3.63) is 64.3 Å². The molecule has 3 rings (SSSR count). The summed E-state index contributed by atoms with van der Waals surface area (Å²) in [4.78, 5) is 20.4. The normalized spacial score (nSPS) is 10.5. The predicted molar refractivity (Wildman–Crippen MR) is 89.5 cm³/mol. The molecule has 2 aromatic heterocycles. The van der Waals surface area contributed by atoms with E-state index in [2.05, 4.69) is 15.3 Å². The van der Waals surface area contributed by atoms with E-state index in [0.29, 0.717) is 15.8 Å². The van der Waals surface area contributed by atoms with Gasteiger partial charge in [-0.1, -0.05) is 41.4 Å². The molecule has 0 atom stereocenters. The number of anilines is 1. The molecular weight excluding hydrogens is 318 g/mol. The van der Waals surface area contributed by atoms with Crippen LogP contribution in [0.4, 0.5) is 5.13 Å². The van der Waals surface area contributed by atoms with E-state index in [0.717, 1.165) is 11.3 Å². The maximum atomic E-state index is 12.1. The number of amides is 1. The first-order valence-electron chi connectivity index (χ1n) is 6.57. The van der Waals surface area contributed by atoms with E-state index < -0.39 is 0 Å². The van der Waals surface area contributed by atoms with Gasteiger partial charge in [0.05, 0.1) is 11.3 Å². The summed E-state index contributed by atoms with van der Waals surface area (Å²) in [6.07, 6.45) is 1.44. The summed E-state index contributed by atoms with van der Waals surface area (Å²) in [6.45, 7) is 2.04. The molecule has 0 saturated carbocycles. The van der Waals surface area contributed by atoms with E-state index in [4.69, 9.17) is 11.6 Å². The Morgan fingerprint density at radius 3 is 2.64 bits per heavy atom. The number of thiazole rings is 1. The highest BCUT2D eigenvalue weighted by Crippen LogP contribution is 2.25. The zero-order valence-electron chi connectivity index (χ0n) is 11.7. The van der Waals surface area contributed by atoms with Gasteiger partial charge in [-0.25, -0.2) is 9.97 Å². The lowest BCUT2D eigenvalue weighted by Gasteiger charge is -2.01. The molecule has 1 amide bonds. The Bertz CT molecular complexity index is 797. The molecule has 110 valence electrons. The van der Waals surface area contributed by atoms with E-state index in [-0.39, 0.29) is 5.91 Å². The molecule has 0 bridgehead atoms. The SMILES string of the molecule is Cc1ccc(-c2csc(NC(=O)c3ccc(Cl)nc3)n2)cc1. The molecular formula is C16H12ClN3OS. The Balaban J connectivity index is 1.75. The Hall–Kier alpha value is -2.24. The number of rotatable bonds is 3. The lowest BCUT2D eigenvalue weighted by molar-refractivity contribution is 0.102. The summed E-state index contributed by atoms with van der Waals surface area (Å²) in [7, 11) is 0. The van der Waals surface area contributed by atoms with Crippen LogP contribution >= 0.6 is 22.9 Å². The number of aromatic nitrogens is 2. The third-order valence-corrected chi connectivity index (χ3v) is 4.04. The second kappa shape index (κ2) is 6.25. The van der Waals surface area contributed by atoms with Crippen molar-refractivity contribution in [2.75, 3.05) is 5.32 Å². The minimum atomic E-state index is -0.256. The Labute approximate surface area is 136 Å². The number of aryl methyl sites for hydroxylation is 1. The van der Waals surface area contributed by atoms with E-state index in [1.54, 1.807) is 12.1 Å². The Morgan fingerprint density at radius 2 is 1.95 bits per heavy atom. The minimum absolute atomic E-state index is 0.256. The number of nitrogens with one attached hydrogen (secondary N) is 1. The summed E-state index contributed by atoms with van der Waals surface area (Å²) in [5.41, 5.74) is 3.50. The summed E-state index contributed by atoms with van der Waals surface area (Å²) >= 11 is 7.09. The fourth-order valence-corrected chi connectivity index (χ4v) is 2.69. The van der Waals surface area contributed by atoms with Crippen LogP contribution in [0.3, 0.4) is 0 Å². The van der Waals surface area contributed by atoms with Crippen LogP contribution in [0.25, 0.3) is 11.3 Å². The minimum Gasteiger partial charge on any atom is -0.298 e. The fraction of sp³-hybridized carbons (Fsp3) is 0.0625. The third kappa shape index (κ3) is 3.32. The van der Waals surface area contributed by atoms with E-state index >= 15 is 0 Å². The van der Waals surface area contributed by atoms with Crippen LogP contribution in [0.1, 0.15) is 15.9 Å². The second-order valence-corrected chi connectivity index (χ2v) is 5.97. The van der Waals surface area contributed by atoms with Crippen molar-refractivity contribution < 1.29 is 4.79 Å². The van der Waals surface area contributed by atoms with Crippen LogP contribution in [0.5, 0.6) is 0 Å². The number of hydrogen-bond donors (Lipinski definition) is 1. The predicted octanol–water partition coefficient (Wildman–Crippen LogP) is 4.42. The highest BCUT2D eigenvalue weighted by Gasteiger charge is 2.10. The van der Waals surface area contributed by atoms with Crippen LogP contribution in [-0.2, 0) is 0 Å². The first-order chi connectivity index (χ1) is 10.6. The van der Waals surface area contributed by atoms with Gasteiger partial charge in [0.1, 0.15) is 5.15 Å². The van der Waals surface area contributed by atoms with Gasteiger partial charge in [0.15, 0.2) is 5.13 Å². The van der Waals surface area contributed by atoms with Crippen LogP contribution in [0.15, 0.2) is 48.0 Å². The smallest absolute Gasteiger partial charge is 0.259 e. The molecule has 0 radical (unpaired) electrons. The van der Waals surface area contributed by atoms with Gasteiger partial charge in [-0.2, -0.15) is 0 Å².